The van der Waals surface area contributed by atoms with Gasteiger partial charge in [-0.3, -0.25) is 19.6 Å². The summed E-state index contributed by atoms with van der Waals surface area (Å²) in [4.78, 5) is 42.6. The summed E-state index contributed by atoms with van der Waals surface area (Å²) in [5, 5.41) is 7.66. The Kier molecular flexibility index (Phi) is 8.25. The highest BCUT2D eigenvalue weighted by atomic mass is 19.1. The van der Waals surface area contributed by atoms with E-state index in [1.807, 2.05) is 20.8 Å². The molecular weight excluding hydrogens is 555 g/mol. The monoisotopic (exact) mass is 590 g/mol. The Labute approximate surface area is 249 Å². The van der Waals surface area contributed by atoms with Gasteiger partial charge in [0.1, 0.15) is 28.6 Å². The molecule has 3 heterocycles. The Balaban J connectivity index is 1.45. The smallest absolute Gasteiger partial charge is 0.410 e. The summed E-state index contributed by atoms with van der Waals surface area (Å²) < 4.78 is 30.1. The number of hydrogen-bond donors (Lipinski definition) is 1. The van der Waals surface area contributed by atoms with E-state index < -0.39 is 23.2 Å². The second-order valence-corrected chi connectivity index (χ2v) is 11.6. The van der Waals surface area contributed by atoms with E-state index in [0.29, 0.717) is 65.5 Å². The van der Waals surface area contributed by atoms with Crippen LogP contribution in [-0.4, -0.2) is 70.8 Å². The van der Waals surface area contributed by atoms with Gasteiger partial charge in [-0.05, 0) is 70.0 Å². The van der Waals surface area contributed by atoms with Gasteiger partial charge in [-0.2, -0.15) is 5.10 Å². The molecule has 2 aliphatic rings. The fraction of sp³-hybridized carbons (Fsp3) is 0.375. The average Bonchev–Trinajstić information content (AvgIpc) is 3.53. The molecule has 1 fully saturated rings. The van der Waals surface area contributed by atoms with Gasteiger partial charge < -0.3 is 19.1 Å². The van der Waals surface area contributed by atoms with E-state index >= 15 is 0 Å². The van der Waals surface area contributed by atoms with Gasteiger partial charge in [0.15, 0.2) is 0 Å². The number of amides is 3. The van der Waals surface area contributed by atoms with E-state index in [2.05, 4.69) is 10.2 Å². The number of nitrogens with zero attached hydrogens (tertiary/aromatic N) is 3. The molecule has 0 bridgehead atoms. The van der Waals surface area contributed by atoms with E-state index in [4.69, 9.17) is 14.2 Å². The molecule has 0 radical (unpaired) electrons. The first-order valence-electron chi connectivity index (χ1n) is 14.1. The van der Waals surface area contributed by atoms with Gasteiger partial charge >= 0.3 is 6.09 Å². The minimum atomic E-state index is -0.599. The summed E-state index contributed by atoms with van der Waals surface area (Å²) in [6.07, 6.45) is 2.15. The number of halogens is 1. The van der Waals surface area contributed by atoms with Crippen LogP contribution in [0.1, 0.15) is 56.4 Å². The lowest BCUT2D eigenvalue weighted by Crippen LogP contribution is -2.41. The highest BCUT2D eigenvalue weighted by molar-refractivity contribution is 6.34. The summed E-state index contributed by atoms with van der Waals surface area (Å²) >= 11 is 0. The lowest BCUT2D eigenvalue weighted by atomic mass is 9.87. The minimum Gasteiger partial charge on any atom is -0.497 e. The minimum absolute atomic E-state index is 0.00181. The summed E-state index contributed by atoms with van der Waals surface area (Å²) in [6, 6.07) is 11.0. The molecule has 3 amide bonds. The van der Waals surface area contributed by atoms with E-state index in [9.17, 15) is 18.8 Å². The zero-order chi connectivity index (χ0) is 30.9. The fourth-order valence-corrected chi connectivity index (χ4v) is 5.41. The van der Waals surface area contributed by atoms with Crippen molar-refractivity contribution in [1.29, 1.82) is 0 Å². The largest absolute Gasteiger partial charge is 0.497 e. The second-order valence-electron chi connectivity index (χ2n) is 11.6. The Morgan fingerprint density at radius 3 is 2.37 bits per heavy atom. The number of carbonyl (C=O) groups excluding carboxylic acids is 3. The Morgan fingerprint density at radius 1 is 1.05 bits per heavy atom. The normalized spacial score (nSPS) is 16.0. The maximum Gasteiger partial charge on any atom is 0.410 e. The van der Waals surface area contributed by atoms with Gasteiger partial charge in [-0.15, -0.1) is 0 Å². The van der Waals surface area contributed by atoms with Gasteiger partial charge in [0, 0.05) is 53.5 Å². The molecule has 226 valence electrons. The predicted octanol–water partition coefficient (Wildman–Crippen LogP) is 5.30. The van der Waals surface area contributed by atoms with Crippen LogP contribution in [0, 0.1) is 5.82 Å². The molecular formula is C32H35FN4O6. The van der Waals surface area contributed by atoms with Crippen molar-refractivity contribution >= 4 is 23.5 Å². The molecule has 1 N–H and O–H groups in total. The average molecular weight is 591 g/mol. The van der Waals surface area contributed by atoms with Crippen LogP contribution in [0.4, 0.5) is 9.18 Å². The van der Waals surface area contributed by atoms with E-state index in [1.54, 1.807) is 42.3 Å². The van der Waals surface area contributed by atoms with Crippen LogP contribution in [0.5, 0.6) is 11.5 Å². The summed E-state index contributed by atoms with van der Waals surface area (Å²) in [5.74, 6) is -0.337. The van der Waals surface area contributed by atoms with Crippen LogP contribution in [0.25, 0.3) is 16.8 Å². The van der Waals surface area contributed by atoms with Crippen LogP contribution in [0.15, 0.2) is 48.5 Å². The number of piperidine rings is 1. The van der Waals surface area contributed by atoms with Gasteiger partial charge in [0.25, 0.3) is 11.8 Å². The van der Waals surface area contributed by atoms with Crippen molar-refractivity contribution in [1.82, 2.24) is 20.0 Å². The number of aromatic amines is 1. The molecule has 0 atom stereocenters. The van der Waals surface area contributed by atoms with Crippen molar-refractivity contribution in [2.24, 2.45) is 0 Å². The molecule has 0 saturated carbocycles. The highest BCUT2D eigenvalue weighted by Gasteiger charge is 2.38. The van der Waals surface area contributed by atoms with Crippen molar-refractivity contribution in [2.75, 3.05) is 27.3 Å². The number of methoxy groups -OCH3 is 2. The fourth-order valence-electron chi connectivity index (χ4n) is 5.41. The van der Waals surface area contributed by atoms with Crippen LogP contribution in [0.2, 0.25) is 0 Å². The zero-order valence-corrected chi connectivity index (χ0v) is 24.9. The number of ether oxygens (including phenoxy) is 3. The summed E-state index contributed by atoms with van der Waals surface area (Å²) in [6.45, 7) is 6.39. The van der Waals surface area contributed by atoms with Gasteiger partial charge in [0.2, 0.25) is 0 Å². The number of hydrogen-bond acceptors (Lipinski definition) is 7. The van der Waals surface area contributed by atoms with Gasteiger partial charge in [0.05, 0.1) is 26.3 Å². The van der Waals surface area contributed by atoms with Crippen molar-refractivity contribution < 1.29 is 33.0 Å². The molecule has 1 aromatic heterocycles. The highest BCUT2D eigenvalue weighted by Crippen LogP contribution is 2.40. The van der Waals surface area contributed by atoms with Crippen LogP contribution in [-0.2, 0) is 20.9 Å². The van der Waals surface area contributed by atoms with Crippen molar-refractivity contribution in [2.45, 2.75) is 51.7 Å². The topological polar surface area (TPSA) is 114 Å². The Morgan fingerprint density at radius 2 is 1.74 bits per heavy atom. The number of aromatic nitrogens is 2. The lowest BCUT2D eigenvalue weighted by Gasteiger charge is -2.33. The third-order valence-corrected chi connectivity index (χ3v) is 7.57. The zero-order valence-electron chi connectivity index (χ0n) is 24.9. The summed E-state index contributed by atoms with van der Waals surface area (Å²) in [5.41, 5.74) is 2.49. The molecule has 0 unspecified atom stereocenters. The predicted molar refractivity (Wildman–Crippen MR) is 157 cm³/mol. The molecule has 1 saturated heterocycles. The Bertz CT molecular complexity index is 1570. The van der Waals surface area contributed by atoms with Crippen molar-refractivity contribution in [3.63, 3.8) is 0 Å². The molecule has 10 nitrogen and oxygen atoms in total. The quantitative estimate of drug-likeness (QED) is 0.372. The number of imide groups is 1. The number of rotatable bonds is 7. The maximum absolute atomic E-state index is 13.9. The molecule has 2 aromatic carbocycles. The van der Waals surface area contributed by atoms with Crippen LogP contribution in [0.3, 0.4) is 0 Å². The second kappa shape index (κ2) is 11.9. The number of nitrogens with one attached hydrogen (secondary N) is 1. The first-order valence-corrected chi connectivity index (χ1v) is 14.1. The standard InChI is InChI=1S/C32H35FN4O6/c1-32(2,3)43-31(40)36-14-12-20(13-15-36)29-27(28(34-35-29)19-6-9-22(33)10-7-19)24-17-26(38)37(30(24)39)18-21-8-11-23(41-4)16-25(21)42-5/h6-11,16-17,20H,12-15,18H2,1-5H3,(H,34,35). The van der Waals surface area contributed by atoms with Crippen LogP contribution < -0.4 is 9.47 Å². The third kappa shape index (κ3) is 6.25. The number of H-pyrrole nitrogens is 1. The summed E-state index contributed by atoms with van der Waals surface area (Å²) in [7, 11) is 3.05. The molecule has 3 aromatic rings. The van der Waals surface area contributed by atoms with Crippen molar-refractivity contribution in [3.05, 3.63) is 71.2 Å². The van der Waals surface area contributed by atoms with Gasteiger partial charge in [-0.1, -0.05) is 0 Å². The van der Waals surface area contributed by atoms with E-state index in [1.165, 1.54) is 25.3 Å². The Hall–Kier alpha value is -4.67. The van der Waals surface area contributed by atoms with E-state index in [-0.39, 0.29) is 24.1 Å². The van der Waals surface area contributed by atoms with Crippen LogP contribution >= 0.6 is 0 Å². The van der Waals surface area contributed by atoms with E-state index in [0.717, 1.165) is 4.90 Å². The molecule has 2 aliphatic heterocycles. The molecule has 11 heteroatoms. The molecule has 43 heavy (non-hydrogen) atoms. The first-order chi connectivity index (χ1) is 20.5. The third-order valence-electron chi connectivity index (χ3n) is 7.57. The number of benzene rings is 2. The molecule has 5 rings (SSSR count). The number of carbonyl (C=O) groups is 3. The maximum atomic E-state index is 13.9. The SMILES string of the molecule is COc1ccc(CN2C(=O)C=C(c3c(-c4ccc(F)cc4)n[nH]c3C3CCN(C(=O)OC(C)(C)C)CC3)C2=O)c(OC)c1. The molecule has 0 aliphatic carbocycles. The first kappa shape index (κ1) is 29.8. The molecule has 0 spiro atoms. The lowest BCUT2D eigenvalue weighted by molar-refractivity contribution is -0.137. The van der Waals surface area contributed by atoms with Crippen molar-refractivity contribution in [3.8, 4) is 22.8 Å². The van der Waals surface area contributed by atoms with Gasteiger partial charge in [-0.25, -0.2) is 9.18 Å². The number of likely N-dealkylation sites (tertiary alicyclic amines) is 1.